The second-order valence-corrected chi connectivity index (χ2v) is 3.63. The van der Waals surface area contributed by atoms with Gasteiger partial charge in [0.1, 0.15) is 6.10 Å². The number of halogens is 3. The van der Waals surface area contributed by atoms with Crippen molar-refractivity contribution in [2.45, 2.75) is 37.1 Å². The molecule has 1 aliphatic rings. The highest BCUT2D eigenvalue weighted by Gasteiger charge is 2.43. The summed E-state index contributed by atoms with van der Waals surface area (Å²) in [6, 6.07) is -1.37. The Morgan fingerprint density at radius 2 is 2.00 bits per heavy atom. The van der Waals surface area contributed by atoms with Crippen molar-refractivity contribution >= 4 is 5.91 Å². The minimum absolute atomic E-state index is 0.339. The first kappa shape index (κ1) is 14.2. The van der Waals surface area contributed by atoms with Gasteiger partial charge in [-0.2, -0.15) is 13.2 Å². The van der Waals surface area contributed by atoms with Crippen molar-refractivity contribution in [3.63, 3.8) is 0 Å². The lowest BCUT2D eigenvalue weighted by Gasteiger charge is -2.36. The molecule has 0 bridgehead atoms. The molecule has 4 atom stereocenters. The molecule has 9 heteroatoms. The molecule has 100 valence electrons. The lowest BCUT2D eigenvalue weighted by atomic mass is 10.0. The number of hydrogen-bond donors (Lipinski definition) is 4. The molecule has 1 saturated heterocycles. The van der Waals surface area contributed by atoms with Crippen molar-refractivity contribution in [1.82, 2.24) is 5.32 Å². The maximum Gasteiger partial charge on any atom is 0.471 e. The smallest absolute Gasteiger partial charge is 0.394 e. The second-order valence-electron chi connectivity index (χ2n) is 3.63. The predicted octanol–water partition coefficient (Wildman–Crippen LogP) is -1.51. The van der Waals surface area contributed by atoms with Crippen molar-refractivity contribution in [1.29, 1.82) is 0 Å². The van der Waals surface area contributed by atoms with E-state index in [9.17, 15) is 28.2 Å². The van der Waals surface area contributed by atoms with Gasteiger partial charge in [-0.15, -0.1) is 0 Å². The summed E-state index contributed by atoms with van der Waals surface area (Å²) in [7, 11) is 0. The lowest BCUT2D eigenvalue weighted by Crippen LogP contribution is -2.57. The van der Waals surface area contributed by atoms with Crippen LogP contribution >= 0.6 is 0 Å². The number of aliphatic hydroxyl groups is 3. The summed E-state index contributed by atoms with van der Waals surface area (Å²) in [5.41, 5.74) is 0. The number of ether oxygens (including phenoxy) is 1. The van der Waals surface area contributed by atoms with Gasteiger partial charge in [0.25, 0.3) is 0 Å². The minimum Gasteiger partial charge on any atom is -0.394 e. The van der Waals surface area contributed by atoms with Gasteiger partial charge in [0.2, 0.25) is 0 Å². The van der Waals surface area contributed by atoms with Gasteiger partial charge in [-0.3, -0.25) is 4.79 Å². The van der Waals surface area contributed by atoms with Gasteiger partial charge >= 0.3 is 12.1 Å². The third-order valence-corrected chi connectivity index (χ3v) is 2.34. The molecule has 0 radical (unpaired) electrons. The number of carbonyl (C=O) groups is 1. The highest BCUT2D eigenvalue weighted by atomic mass is 19.4. The summed E-state index contributed by atoms with van der Waals surface area (Å²) < 4.78 is 40.5. The van der Waals surface area contributed by atoms with Crippen molar-refractivity contribution in [3.8, 4) is 0 Å². The number of alkyl halides is 3. The van der Waals surface area contributed by atoms with Gasteiger partial charge < -0.3 is 25.4 Å². The van der Waals surface area contributed by atoms with Crippen LogP contribution in [0.4, 0.5) is 13.2 Å². The van der Waals surface area contributed by atoms with E-state index in [1.807, 2.05) is 0 Å². The standard InChI is InChI=1S/C8H12F3NO5/c9-8(10,11)7(16)12-3-1-4(14)5(2-13)17-6(3)15/h3-6,13-15H,1-2H2,(H,12,16)/t3-,4+,5-,6-/m1/s1. The van der Waals surface area contributed by atoms with E-state index in [0.717, 1.165) is 0 Å². The molecule has 17 heavy (non-hydrogen) atoms. The quantitative estimate of drug-likeness (QED) is 0.483. The summed E-state index contributed by atoms with van der Waals surface area (Å²) in [4.78, 5) is 10.6. The normalized spacial score (nSPS) is 34.5. The molecular weight excluding hydrogens is 247 g/mol. The van der Waals surface area contributed by atoms with Crippen molar-refractivity contribution in [2.75, 3.05) is 6.61 Å². The monoisotopic (exact) mass is 259 g/mol. The molecular formula is C8H12F3NO5. The van der Waals surface area contributed by atoms with Gasteiger partial charge in [0.05, 0.1) is 18.8 Å². The Hall–Kier alpha value is -0.900. The number of carbonyl (C=O) groups excluding carboxylic acids is 1. The van der Waals surface area contributed by atoms with E-state index < -0.39 is 43.2 Å². The topological polar surface area (TPSA) is 99.0 Å². The lowest BCUT2D eigenvalue weighted by molar-refractivity contribution is -0.224. The van der Waals surface area contributed by atoms with Crippen molar-refractivity contribution in [3.05, 3.63) is 0 Å². The van der Waals surface area contributed by atoms with Crippen molar-refractivity contribution in [2.24, 2.45) is 0 Å². The van der Waals surface area contributed by atoms with Crippen LogP contribution in [0.5, 0.6) is 0 Å². The summed E-state index contributed by atoms with van der Waals surface area (Å²) in [5, 5.41) is 28.8. The van der Waals surface area contributed by atoms with Crippen LogP contribution in [-0.4, -0.2) is 58.5 Å². The van der Waals surface area contributed by atoms with Crippen LogP contribution < -0.4 is 5.32 Å². The molecule has 1 aliphatic heterocycles. The minimum atomic E-state index is -5.07. The van der Waals surface area contributed by atoms with Gasteiger partial charge in [0.15, 0.2) is 6.29 Å². The molecule has 0 aromatic rings. The largest absolute Gasteiger partial charge is 0.471 e. The van der Waals surface area contributed by atoms with E-state index in [1.54, 1.807) is 0 Å². The number of hydrogen-bond acceptors (Lipinski definition) is 5. The number of aliphatic hydroxyl groups excluding tert-OH is 3. The van der Waals surface area contributed by atoms with E-state index in [0.29, 0.717) is 0 Å². The molecule has 0 aromatic heterocycles. The van der Waals surface area contributed by atoms with Gasteiger partial charge in [-0.1, -0.05) is 0 Å². The average Bonchev–Trinajstić information content (AvgIpc) is 2.21. The summed E-state index contributed by atoms with van der Waals surface area (Å²) >= 11 is 0. The van der Waals surface area contributed by atoms with E-state index >= 15 is 0 Å². The van der Waals surface area contributed by atoms with Crippen LogP contribution in [0.2, 0.25) is 0 Å². The SMILES string of the molecule is O=C(N[C@@H]1C[C@H](O)[C@@H](CO)O[C@H]1O)C(F)(F)F. The Kier molecular flexibility index (Phi) is 4.31. The van der Waals surface area contributed by atoms with Crippen LogP contribution in [0.15, 0.2) is 0 Å². The molecule has 1 rings (SSSR count). The Morgan fingerprint density at radius 3 is 2.47 bits per heavy atom. The van der Waals surface area contributed by atoms with Crippen LogP contribution in [-0.2, 0) is 9.53 Å². The highest BCUT2D eigenvalue weighted by Crippen LogP contribution is 2.21. The first-order valence-corrected chi connectivity index (χ1v) is 4.76. The molecule has 4 N–H and O–H groups in total. The molecule has 0 spiro atoms. The first-order chi connectivity index (χ1) is 7.75. The molecule has 0 saturated carbocycles. The number of rotatable bonds is 2. The molecule has 0 aliphatic carbocycles. The van der Waals surface area contributed by atoms with E-state index in [4.69, 9.17) is 5.11 Å². The maximum atomic E-state index is 11.9. The second kappa shape index (κ2) is 5.17. The molecule has 1 fully saturated rings. The summed E-state index contributed by atoms with van der Waals surface area (Å²) in [6.45, 7) is -0.585. The van der Waals surface area contributed by atoms with E-state index in [-0.39, 0.29) is 6.42 Å². The molecule has 0 aromatic carbocycles. The fraction of sp³-hybridized carbons (Fsp3) is 0.875. The average molecular weight is 259 g/mol. The summed E-state index contributed by atoms with van der Waals surface area (Å²) in [5.74, 6) is -2.22. The Morgan fingerprint density at radius 1 is 1.41 bits per heavy atom. The van der Waals surface area contributed by atoms with Crippen LogP contribution in [0, 0.1) is 0 Å². The molecule has 1 amide bonds. The Balaban J connectivity index is 2.59. The first-order valence-electron chi connectivity index (χ1n) is 4.76. The van der Waals surface area contributed by atoms with Gasteiger partial charge in [-0.05, 0) is 0 Å². The van der Waals surface area contributed by atoms with E-state index in [1.165, 1.54) is 5.32 Å². The zero-order valence-electron chi connectivity index (χ0n) is 8.52. The highest BCUT2D eigenvalue weighted by molar-refractivity contribution is 5.81. The number of amides is 1. The zero-order valence-corrected chi connectivity index (χ0v) is 8.52. The van der Waals surface area contributed by atoms with Crippen LogP contribution in [0.3, 0.4) is 0 Å². The van der Waals surface area contributed by atoms with Gasteiger partial charge in [0, 0.05) is 6.42 Å². The van der Waals surface area contributed by atoms with Crippen LogP contribution in [0.25, 0.3) is 0 Å². The Bertz CT molecular complexity index is 285. The third-order valence-electron chi connectivity index (χ3n) is 2.34. The van der Waals surface area contributed by atoms with Crippen molar-refractivity contribution < 1.29 is 38.0 Å². The number of nitrogens with one attached hydrogen (secondary N) is 1. The fourth-order valence-electron chi connectivity index (χ4n) is 1.44. The van der Waals surface area contributed by atoms with E-state index in [2.05, 4.69) is 4.74 Å². The molecule has 6 nitrogen and oxygen atoms in total. The van der Waals surface area contributed by atoms with Crippen LogP contribution in [0.1, 0.15) is 6.42 Å². The summed E-state index contributed by atoms with van der Waals surface area (Å²) in [6.07, 6.45) is -9.46. The predicted molar refractivity (Wildman–Crippen MR) is 46.6 cm³/mol. The molecule has 1 heterocycles. The maximum absolute atomic E-state index is 11.9. The van der Waals surface area contributed by atoms with Gasteiger partial charge in [-0.25, -0.2) is 0 Å². The fourth-order valence-corrected chi connectivity index (χ4v) is 1.44. The molecule has 0 unspecified atom stereocenters. The zero-order chi connectivity index (χ0) is 13.2. The third kappa shape index (κ3) is 3.53. The Labute approximate surface area is 94.0 Å².